The molecule has 3 N–H and O–H groups in total. The number of benzene rings is 1. The Morgan fingerprint density at radius 3 is 2.81 bits per heavy atom. The van der Waals surface area contributed by atoms with Gasteiger partial charge in [0.15, 0.2) is 5.69 Å². The lowest BCUT2D eigenvalue weighted by Crippen LogP contribution is -2.11. The average Bonchev–Trinajstić information content (AvgIpc) is 3.21. The van der Waals surface area contributed by atoms with Gasteiger partial charge >= 0.3 is 11.9 Å². The Labute approximate surface area is 147 Å². The second kappa shape index (κ2) is 6.60. The molecule has 3 rings (SSSR count). The zero-order valence-electron chi connectivity index (χ0n) is 14.1. The number of esters is 2. The molecule has 2 heterocycles. The van der Waals surface area contributed by atoms with E-state index >= 15 is 0 Å². The molecule has 132 valence electrons. The van der Waals surface area contributed by atoms with Crippen molar-refractivity contribution in [1.82, 2.24) is 14.5 Å². The standard InChI is InChI=1S/C17H15N5O4/c1-3-26-17(24)15-20-11-5-4-10(6-12(11)21-15)22-8-9(7-18)13(19)14(22)16(23)25-2/h4-6,8H,3,19H2,1-2H3,(H,20,21). The van der Waals surface area contributed by atoms with Crippen LogP contribution in [-0.2, 0) is 9.47 Å². The van der Waals surface area contributed by atoms with Gasteiger partial charge in [0.05, 0.1) is 36.0 Å². The quantitative estimate of drug-likeness (QED) is 0.682. The maximum absolute atomic E-state index is 12.1. The summed E-state index contributed by atoms with van der Waals surface area (Å²) >= 11 is 0. The number of ether oxygens (including phenoxy) is 2. The minimum absolute atomic E-state index is 0.0382. The van der Waals surface area contributed by atoms with Gasteiger partial charge < -0.3 is 24.8 Å². The summed E-state index contributed by atoms with van der Waals surface area (Å²) in [5.74, 6) is -1.14. The van der Waals surface area contributed by atoms with Crippen LogP contribution in [0.2, 0.25) is 0 Å². The van der Waals surface area contributed by atoms with Crippen LogP contribution in [0.15, 0.2) is 24.4 Å². The summed E-state index contributed by atoms with van der Waals surface area (Å²) in [7, 11) is 1.23. The van der Waals surface area contributed by atoms with Crippen molar-refractivity contribution < 1.29 is 19.1 Å². The van der Waals surface area contributed by atoms with Crippen LogP contribution < -0.4 is 5.73 Å². The Kier molecular flexibility index (Phi) is 4.33. The topological polar surface area (TPSA) is 136 Å². The number of hydrogen-bond acceptors (Lipinski definition) is 7. The van der Waals surface area contributed by atoms with Gasteiger partial charge in [0.25, 0.3) is 0 Å². The number of nitrogens with one attached hydrogen (secondary N) is 1. The zero-order valence-corrected chi connectivity index (χ0v) is 14.1. The van der Waals surface area contributed by atoms with E-state index in [1.54, 1.807) is 25.1 Å². The van der Waals surface area contributed by atoms with Gasteiger partial charge in [-0.3, -0.25) is 0 Å². The van der Waals surface area contributed by atoms with Gasteiger partial charge in [0.2, 0.25) is 5.82 Å². The molecule has 0 aliphatic heterocycles. The van der Waals surface area contributed by atoms with Crippen LogP contribution in [0, 0.1) is 11.3 Å². The number of rotatable bonds is 4. The number of nitrogen functional groups attached to an aromatic ring is 1. The van der Waals surface area contributed by atoms with Crippen LogP contribution in [0.25, 0.3) is 16.7 Å². The lowest BCUT2D eigenvalue weighted by molar-refractivity contribution is 0.0512. The monoisotopic (exact) mass is 353 g/mol. The molecule has 0 spiro atoms. The van der Waals surface area contributed by atoms with Crippen LogP contribution in [0.5, 0.6) is 0 Å². The SMILES string of the molecule is CCOC(=O)c1nc2ccc(-n3cc(C#N)c(N)c3C(=O)OC)cc2[nH]1. The van der Waals surface area contributed by atoms with Gasteiger partial charge in [-0.25, -0.2) is 14.6 Å². The molecule has 9 nitrogen and oxygen atoms in total. The molecule has 0 amide bonds. The molecule has 26 heavy (non-hydrogen) atoms. The van der Waals surface area contributed by atoms with Crippen molar-refractivity contribution >= 4 is 28.7 Å². The summed E-state index contributed by atoms with van der Waals surface area (Å²) in [4.78, 5) is 30.9. The first-order chi connectivity index (χ1) is 12.5. The maximum atomic E-state index is 12.1. The van der Waals surface area contributed by atoms with Crippen molar-refractivity contribution in [3.8, 4) is 11.8 Å². The third-order valence-corrected chi connectivity index (χ3v) is 3.76. The first-order valence-electron chi connectivity index (χ1n) is 7.66. The number of nitriles is 1. The Morgan fingerprint density at radius 2 is 2.15 bits per heavy atom. The highest BCUT2D eigenvalue weighted by Gasteiger charge is 2.22. The Hall–Kier alpha value is -3.80. The van der Waals surface area contributed by atoms with E-state index < -0.39 is 11.9 Å². The third-order valence-electron chi connectivity index (χ3n) is 3.76. The summed E-state index contributed by atoms with van der Waals surface area (Å²) < 4.78 is 11.1. The maximum Gasteiger partial charge on any atom is 0.374 e. The number of H-pyrrole nitrogens is 1. The molecule has 0 fully saturated rings. The number of nitrogens with zero attached hydrogens (tertiary/aromatic N) is 3. The van der Waals surface area contributed by atoms with E-state index in [4.69, 9.17) is 15.2 Å². The van der Waals surface area contributed by atoms with Gasteiger partial charge in [0.1, 0.15) is 6.07 Å². The van der Waals surface area contributed by atoms with E-state index in [-0.39, 0.29) is 29.4 Å². The molecule has 0 bridgehead atoms. The van der Waals surface area contributed by atoms with Crippen molar-refractivity contribution in [2.45, 2.75) is 6.92 Å². The van der Waals surface area contributed by atoms with Crippen molar-refractivity contribution in [3.63, 3.8) is 0 Å². The van der Waals surface area contributed by atoms with Crippen LogP contribution in [0.3, 0.4) is 0 Å². The number of nitrogens with two attached hydrogens (primary N) is 1. The lowest BCUT2D eigenvalue weighted by Gasteiger charge is -2.08. The average molecular weight is 353 g/mol. The van der Waals surface area contributed by atoms with E-state index in [1.807, 2.05) is 6.07 Å². The first-order valence-corrected chi connectivity index (χ1v) is 7.66. The number of methoxy groups -OCH3 is 1. The highest BCUT2D eigenvalue weighted by atomic mass is 16.5. The summed E-state index contributed by atoms with van der Waals surface area (Å²) in [6.07, 6.45) is 1.45. The third kappa shape index (κ3) is 2.73. The Bertz CT molecular complexity index is 1060. The van der Waals surface area contributed by atoms with Gasteiger partial charge in [-0.05, 0) is 25.1 Å². The van der Waals surface area contributed by atoms with Gasteiger partial charge in [-0.1, -0.05) is 0 Å². The smallest absolute Gasteiger partial charge is 0.374 e. The largest absolute Gasteiger partial charge is 0.464 e. The van der Waals surface area contributed by atoms with Crippen LogP contribution in [0.4, 0.5) is 5.69 Å². The lowest BCUT2D eigenvalue weighted by atomic mass is 10.2. The predicted octanol–water partition coefficient (Wildman–Crippen LogP) is 1.77. The van der Waals surface area contributed by atoms with Gasteiger partial charge in [-0.15, -0.1) is 0 Å². The summed E-state index contributed by atoms with van der Waals surface area (Å²) in [6, 6.07) is 6.98. The van der Waals surface area contributed by atoms with Crippen LogP contribution in [-0.4, -0.2) is 40.2 Å². The highest BCUT2D eigenvalue weighted by Crippen LogP contribution is 2.26. The molecule has 0 saturated carbocycles. The number of carbonyl (C=O) groups is 2. The first kappa shape index (κ1) is 17.0. The Morgan fingerprint density at radius 1 is 1.38 bits per heavy atom. The molecule has 0 aliphatic rings. The molecule has 0 saturated heterocycles. The zero-order chi connectivity index (χ0) is 18.8. The second-order valence-corrected chi connectivity index (χ2v) is 5.29. The van der Waals surface area contributed by atoms with Gasteiger partial charge in [0, 0.05) is 11.9 Å². The number of hydrogen-bond donors (Lipinski definition) is 2. The highest BCUT2D eigenvalue weighted by molar-refractivity contribution is 5.96. The fourth-order valence-electron chi connectivity index (χ4n) is 2.56. The number of carbonyl (C=O) groups excluding carboxylic acids is 2. The fraction of sp³-hybridized carbons (Fsp3) is 0.176. The van der Waals surface area contributed by atoms with Crippen LogP contribution in [0.1, 0.15) is 33.6 Å². The minimum Gasteiger partial charge on any atom is -0.464 e. The number of aromatic amines is 1. The van der Waals surface area contributed by atoms with Crippen molar-refractivity contribution in [1.29, 1.82) is 5.26 Å². The predicted molar refractivity (Wildman–Crippen MR) is 91.8 cm³/mol. The van der Waals surface area contributed by atoms with E-state index in [1.165, 1.54) is 17.9 Å². The Balaban J connectivity index is 2.13. The molecule has 0 atom stereocenters. The molecule has 1 aromatic carbocycles. The molecule has 0 radical (unpaired) electrons. The number of aromatic nitrogens is 3. The molecule has 2 aromatic heterocycles. The van der Waals surface area contributed by atoms with Crippen LogP contribution >= 0.6 is 0 Å². The summed E-state index contributed by atoms with van der Waals surface area (Å²) in [5.41, 5.74) is 7.80. The fourth-order valence-corrected chi connectivity index (χ4v) is 2.56. The molecule has 0 unspecified atom stereocenters. The number of fused-ring (bicyclic) bond motifs is 1. The molecular weight excluding hydrogens is 338 g/mol. The van der Waals surface area contributed by atoms with Crippen molar-refractivity contribution in [2.24, 2.45) is 0 Å². The minimum atomic E-state index is -0.666. The van der Waals surface area contributed by atoms with Gasteiger partial charge in [-0.2, -0.15) is 5.26 Å². The summed E-state index contributed by atoms with van der Waals surface area (Å²) in [6.45, 7) is 1.94. The molecule has 9 heteroatoms. The van der Waals surface area contributed by atoms with Crippen molar-refractivity contribution in [2.75, 3.05) is 19.5 Å². The molecule has 0 aliphatic carbocycles. The van der Waals surface area contributed by atoms with E-state index in [0.29, 0.717) is 16.7 Å². The second-order valence-electron chi connectivity index (χ2n) is 5.29. The number of anilines is 1. The van der Waals surface area contributed by atoms with E-state index in [2.05, 4.69) is 9.97 Å². The molecular formula is C17H15N5O4. The number of imidazole rings is 1. The van der Waals surface area contributed by atoms with E-state index in [0.717, 1.165) is 0 Å². The van der Waals surface area contributed by atoms with Crippen molar-refractivity contribution in [3.05, 3.63) is 41.5 Å². The normalized spacial score (nSPS) is 10.5. The van der Waals surface area contributed by atoms with E-state index in [9.17, 15) is 14.9 Å². The molecule has 3 aromatic rings. The summed E-state index contributed by atoms with van der Waals surface area (Å²) in [5, 5.41) is 9.18.